The van der Waals surface area contributed by atoms with Crippen LogP contribution < -0.4 is 5.32 Å². The maximum atomic E-state index is 5.75. The Kier molecular flexibility index (Phi) is 6.66. The van der Waals surface area contributed by atoms with Gasteiger partial charge in [0.25, 0.3) is 0 Å². The van der Waals surface area contributed by atoms with Gasteiger partial charge in [0.05, 0.1) is 6.61 Å². The average molecular weight is 267 g/mol. The molecule has 0 radical (unpaired) electrons. The molecule has 1 aliphatic heterocycles. The third-order valence-electron chi connectivity index (χ3n) is 5.24. The predicted octanol–water partition coefficient (Wildman–Crippen LogP) is 4.00. The molecule has 1 N–H and O–H groups in total. The molecule has 2 aliphatic rings. The Morgan fingerprint density at radius 1 is 1.11 bits per heavy atom. The summed E-state index contributed by atoms with van der Waals surface area (Å²) in [7, 11) is 0. The Morgan fingerprint density at radius 3 is 2.63 bits per heavy atom. The highest BCUT2D eigenvalue weighted by Crippen LogP contribution is 2.36. The van der Waals surface area contributed by atoms with E-state index in [-0.39, 0.29) is 0 Å². The van der Waals surface area contributed by atoms with Gasteiger partial charge >= 0.3 is 0 Å². The van der Waals surface area contributed by atoms with E-state index in [4.69, 9.17) is 4.74 Å². The van der Waals surface area contributed by atoms with E-state index in [1.807, 2.05) is 0 Å². The molecule has 112 valence electrons. The third kappa shape index (κ3) is 4.46. The van der Waals surface area contributed by atoms with Gasteiger partial charge in [0.15, 0.2) is 0 Å². The fourth-order valence-corrected chi connectivity index (χ4v) is 4.11. The van der Waals surface area contributed by atoms with Gasteiger partial charge in [0.1, 0.15) is 0 Å². The Morgan fingerprint density at radius 2 is 1.95 bits per heavy atom. The summed E-state index contributed by atoms with van der Waals surface area (Å²) in [4.78, 5) is 0. The molecule has 1 saturated carbocycles. The molecule has 0 amide bonds. The van der Waals surface area contributed by atoms with Crippen molar-refractivity contribution < 1.29 is 4.74 Å². The van der Waals surface area contributed by atoms with E-state index < -0.39 is 0 Å². The minimum atomic E-state index is 0.717. The van der Waals surface area contributed by atoms with Gasteiger partial charge in [-0.3, -0.25) is 0 Å². The van der Waals surface area contributed by atoms with Crippen LogP contribution >= 0.6 is 0 Å². The first-order valence-corrected chi connectivity index (χ1v) is 8.66. The fourth-order valence-electron chi connectivity index (χ4n) is 4.11. The number of ether oxygens (including phenoxy) is 1. The zero-order valence-corrected chi connectivity index (χ0v) is 13.0. The van der Waals surface area contributed by atoms with E-state index in [9.17, 15) is 0 Å². The third-order valence-corrected chi connectivity index (χ3v) is 5.24. The van der Waals surface area contributed by atoms with Crippen molar-refractivity contribution in [3.8, 4) is 0 Å². The quantitative estimate of drug-likeness (QED) is 0.785. The average Bonchev–Trinajstić information content (AvgIpc) is 2.49. The van der Waals surface area contributed by atoms with Crippen LogP contribution in [-0.4, -0.2) is 25.8 Å². The molecule has 0 aromatic rings. The minimum absolute atomic E-state index is 0.717. The maximum absolute atomic E-state index is 5.75. The lowest BCUT2D eigenvalue weighted by Gasteiger charge is -2.40. The summed E-state index contributed by atoms with van der Waals surface area (Å²) in [6, 6.07) is 0.717. The van der Waals surface area contributed by atoms with Gasteiger partial charge in [-0.25, -0.2) is 0 Å². The molecule has 2 heteroatoms. The van der Waals surface area contributed by atoms with Gasteiger partial charge in [-0.15, -0.1) is 0 Å². The highest BCUT2D eigenvalue weighted by molar-refractivity contribution is 4.88. The van der Waals surface area contributed by atoms with Crippen LogP contribution in [-0.2, 0) is 4.74 Å². The zero-order valence-electron chi connectivity index (χ0n) is 13.0. The summed E-state index contributed by atoms with van der Waals surface area (Å²) in [5.74, 6) is 2.65. The van der Waals surface area contributed by atoms with Crippen molar-refractivity contribution in [3.05, 3.63) is 0 Å². The SMILES string of the molecule is CCCNC(C1CCCOC1)C1CCCC(CC)C1. The van der Waals surface area contributed by atoms with E-state index >= 15 is 0 Å². The highest BCUT2D eigenvalue weighted by atomic mass is 16.5. The first kappa shape index (κ1) is 15.3. The number of hydrogen-bond donors (Lipinski definition) is 1. The lowest BCUT2D eigenvalue weighted by molar-refractivity contribution is 0.0213. The van der Waals surface area contributed by atoms with Crippen molar-refractivity contribution >= 4 is 0 Å². The molecule has 2 fully saturated rings. The summed E-state index contributed by atoms with van der Waals surface area (Å²) in [5.41, 5.74) is 0. The summed E-state index contributed by atoms with van der Waals surface area (Å²) < 4.78 is 5.75. The van der Waals surface area contributed by atoms with Crippen molar-refractivity contribution in [1.82, 2.24) is 5.32 Å². The molecule has 0 bridgehead atoms. The monoisotopic (exact) mass is 267 g/mol. The van der Waals surface area contributed by atoms with Crippen LogP contribution in [0.15, 0.2) is 0 Å². The van der Waals surface area contributed by atoms with Gasteiger partial charge in [-0.05, 0) is 56.4 Å². The first-order chi connectivity index (χ1) is 9.35. The standard InChI is InChI=1S/C17H33NO/c1-3-10-18-17(16-9-6-11-19-13-16)15-8-5-7-14(4-2)12-15/h14-18H,3-13H2,1-2H3. The van der Waals surface area contributed by atoms with Crippen LogP contribution in [0.2, 0.25) is 0 Å². The molecule has 2 nitrogen and oxygen atoms in total. The Balaban J connectivity index is 1.94. The Labute approximate surface area is 119 Å². The minimum Gasteiger partial charge on any atom is -0.381 e. The Hall–Kier alpha value is -0.0800. The molecular formula is C17H33NO. The zero-order chi connectivity index (χ0) is 13.5. The number of nitrogens with one attached hydrogen (secondary N) is 1. The normalized spacial score (nSPS) is 34.1. The van der Waals surface area contributed by atoms with Crippen molar-refractivity contribution in [3.63, 3.8) is 0 Å². The molecular weight excluding hydrogens is 234 g/mol. The van der Waals surface area contributed by atoms with E-state index in [1.54, 1.807) is 0 Å². The molecule has 0 aromatic carbocycles. The van der Waals surface area contributed by atoms with Gasteiger partial charge in [0.2, 0.25) is 0 Å². The van der Waals surface area contributed by atoms with Crippen LogP contribution in [0.3, 0.4) is 0 Å². The fraction of sp³-hybridized carbons (Fsp3) is 1.00. The molecule has 1 heterocycles. The lowest BCUT2D eigenvalue weighted by atomic mass is 9.72. The van der Waals surface area contributed by atoms with E-state index in [1.165, 1.54) is 57.9 Å². The molecule has 0 spiro atoms. The molecule has 4 atom stereocenters. The largest absolute Gasteiger partial charge is 0.381 e. The Bertz CT molecular complexity index is 237. The van der Waals surface area contributed by atoms with Gasteiger partial charge in [-0.1, -0.05) is 33.1 Å². The van der Waals surface area contributed by atoms with E-state index in [0.717, 1.165) is 37.0 Å². The lowest BCUT2D eigenvalue weighted by Crippen LogP contribution is -2.47. The number of hydrogen-bond acceptors (Lipinski definition) is 2. The maximum Gasteiger partial charge on any atom is 0.0509 e. The molecule has 0 aromatic heterocycles. The summed E-state index contributed by atoms with van der Waals surface area (Å²) >= 11 is 0. The molecule has 2 rings (SSSR count). The predicted molar refractivity (Wildman–Crippen MR) is 81.4 cm³/mol. The summed E-state index contributed by atoms with van der Waals surface area (Å²) in [6.07, 6.45) is 11.1. The van der Waals surface area contributed by atoms with Crippen molar-refractivity contribution in [2.45, 2.75) is 71.3 Å². The topological polar surface area (TPSA) is 21.3 Å². The summed E-state index contributed by atoms with van der Waals surface area (Å²) in [5, 5.41) is 3.87. The second-order valence-corrected chi connectivity index (χ2v) is 6.66. The van der Waals surface area contributed by atoms with Crippen LogP contribution in [0.4, 0.5) is 0 Å². The van der Waals surface area contributed by atoms with Crippen LogP contribution in [0.1, 0.15) is 65.2 Å². The molecule has 4 unspecified atom stereocenters. The van der Waals surface area contributed by atoms with Gasteiger partial charge < -0.3 is 10.1 Å². The van der Waals surface area contributed by atoms with E-state index in [0.29, 0.717) is 0 Å². The molecule has 1 aliphatic carbocycles. The van der Waals surface area contributed by atoms with Gasteiger partial charge in [-0.2, -0.15) is 0 Å². The second-order valence-electron chi connectivity index (χ2n) is 6.66. The van der Waals surface area contributed by atoms with Crippen LogP contribution in [0.5, 0.6) is 0 Å². The van der Waals surface area contributed by atoms with Gasteiger partial charge in [0, 0.05) is 12.6 Å². The number of rotatable bonds is 6. The van der Waals surface area contributed by atoms with Crippen LogP contribution in [0.25, 0.3) is 0 Å². The summed E-state index contributed by atoms with van der Waals surface area (Å²) in [6.45, 7) is 7.80. The van der Waals surface area contributed by atoms with Crippen molar-refractivity contribution in [2.24, 2.45) is 17.8 Å². The molecule has 19 heavy (non-hydrogen) atoms. The smallest absolute Gasteiger partial charge is 0.0509 e. The van der Waals surface area contributed by atoms with Crippen molar-refractivity contribution in [2.75, 3.05) is 19.8 Å². The van der Waals surface area contributed by atoms with Crippen molar-refractivity contribution in [1.29, 1.82) is 0 Å². The second kappa shape index (κ2) is 8.26. The van der Waals surface area contributed by atoms with Crippen LogP contribution in [0, 0.1) is 17.8 Å². The molecule has 1 saturated heterocycles. The van der Waals surface area contributed by atoms with E-state index in [2.05, 4.69) is 19.2 Å². The first-order valence-electron chi connectivity index (χ1n) is 8.66. The highest BCUT2D eigenvalue weighted by Gasteiger charge is 2.33.